The second-order valence-electron chi connectivity index (χ2n) is 5.56. The summed E-state index contributed by atoms with van der Waals surface area (Å²) in [7, 11) is 0. The quantitative estimate of drug-likeness (QED) is 0.786. The first kappa shape index (κ1) is 14.0. The van der Waals surface area contributed by atoms with Crippen molar-refractivity contribution in [3.63, 3.8) is 0 Å². The van der Waals surface area contributed by atoms with Gasteiger partial charge < -0.3 is 4.74 Å². The van der Waals surface area contributed by atoms with E-state index in [0.29, 0.717) is 12.3 Å². The van der Waals surface area contributed by atoms with Crippen molar-refractivity contribution in [1.82, 2.24) is 4.98 Å². The molecule has 3 heterocycles. The normalized spacial score (nSPS) is 25.6. The average Bonchev–Trinajstić information content (AvgIpc) is 2.48. The van der Waals surface area contributed by atoms with Crippen LogP contribution in [0.25, 0.3) is 0 Å². The number of thioether (sulfide) groups is 1. The molecule has 1 aromatic rings. The molecular weight excluding hydrogens is 277 g/mol. The lowest BCUT2D eigenvalue weighted by atomic mass is 9.79. The van der Waals surface area contributed by atoms with Crippen LogP contribution in [-0.2, 0) is 4.74 Å². The van der Waals surface area contributed by atoms with Crippen LogP contribution in [0.4, 0.5) is 4.39 Å². The molecule has 0 aromatic carbocycles. The number of Topliss-reactive ketones (excluding diaryl/α,β-unsaturated/α-hetero) is 1. The lowest BCUT2D eigenvalue weighted by Crippen LogP contribution is -2.44. The number of hydrogen-bond acceptors (Lipinski definition) is 4. The number of ketones is 1. The van der Waals surface area contributed by atoms with Gasteiger partial charge in [0.15, 0.2) is 5.78 Å². The average molecular weight is 295 g/mol. The Morgan fingerprint density at radius 1 is 1.40 bits per heavy atom. The highest BCUT2D eigenvalue weighted by Gasteiger charge is 2.41. The number of ether oxygens (including phenoxy) is 1. The molecule has 0 bridgehead atoms. The minimum absolute atomic E-state index is 0.0332. The van der Waals surface area contributed by atoms with E-state index in [1.807, 2.05) is 11.8 Å². The SMILES string of the molecule is O=C(c1ccc(F)cn1)C1CCOC2(CCSCC2)C1. The van der Waals surface area contributed by atoms with Crippen molar-refractivity contribution in [3.8, 4) is 0 Å². The zero-order valence-corrected chi connectivity index (χ0v) is 12.1. The number of pyridine rings is 1. The molecule has 5 heteroatoms. The van der Waals surface area contributed by atoms with Gasteiger partial charge in [0.1, 0.15) is 11.5 Å². The van der Waals surface area contributed by atoms with Gasteiger partial charge in [0.2, 0.25) is 0 Å². The molecule has 0 radical (unpaired) electrons. The van der Waals surface area contributed by atoms with Crippen molar-refractivity contribution in [1.29, 1.82) is 0 Å². The Kier molecular flexibility index (Phi) is 4.08. The van der Waals surface area contributed by atoms with Crippen LogP contribution in [0.5, 0.6) is 0 Å². The predicted octanol–water partition coefficient (Wildman–Crippen LogP) is 3.10. The number of halogens is 1. The van der Waals surface area contributed by atoms with Crippen LogP contribution in [-0.4, -0.2) is 34.5 Å². The Balaban J connectivity index is 1.73. The molecule has 3 nitrogen and oxygen atoms in total. The number of aromatic nitrogens is 1. The van der Waals surface area contributed by atoms with Gasteiger partial charge in [-0.15, -0.1) is 0 Å². The molecule has 1 spiro atoms. The highest BCUT2D eigenvalue weighted by atomic mass is 32.2. The fourth-order valence-electron chi connectivity index (χ4n) is 3.07. The van der Waals surface area contributed by atoms with Crippen molar-refractivity contribution in [3.05, 3.63) is 29.8 Å². The highest BCUT2D eigenvalue weighted by molar-refractivity contribution is 7.99. The van der Waals surface area contributed by atoms with Crippen molar-refractivity contribution in [2.75, 3.05) is 18.1 Å². The molecule has 20 heavy (non-hydrogen) atoms. The van der Waals surface area contributed by atoms with Crippen LogP contribution in [0.3, 0.4) is 0 Å². The van der Waals surface area contributed by atoms with Crippen LogP contribution in [0.1, 0.15) is 36.2 Å². The third-order valence-corrected chi connectivity index (χ3v) is 5.23. The van der Waals surface area contributed by atoms with Gasteiger partial charge in [-0.05, 0) is 49.3 Å². The molecule has 2 saturated heterocycles. The summed E-state index contributed by atoms with van der Waals surface area (Å²) in [6, 6.07) is 2.78. The summed E-state index contributed by atoms with van der Waals surface area (Å²) in [5.74, 6) is 1.80. The molecule has 2 aliphatic rings. The molecule has 0 aliphatic carbocycles. The van der Waals surface area contributed by atoms with Gasteiger partial charge in [0.05, 0.1) is 11.8 Å². The maximum absolute atomic E-state index is 12.9. The van der Waals surface area contributed by atoms with E-state index >= 15 is 0 Å². The number of hydrogen-bond donors (Lipinski definition) is 0. The van der Waals surface area contributed by atoms with E-state index in [9.17, 15) is 9.18 Å². The van der Waals surface area contributed by atoms with Crippen molar-refractivity contribution >= 4 is 17.5 Å². The molecule has 0 saturated carbocycles. The summed E-state index contributed by atoms with van der Waals surface area (Å²) in [4.78, 5) is 16.4. The lowest BCUT2D eigenvalue weighted by molar-refractivity contribution is -0.0960. The van der Waals surface area contributed by atoms with Gasteiger partial charge in [0.25, 0.3) is 0 Å². The monoisotopic (exact) mass is 295 g/mol. The van der Waals surface area contributed by atoms with Crippen LogP contribution < -0.4 is 0 Å². The Morgan fingerprint density at radius 2 is 2.20 bits per heavy atom. The first-order valence-electron chi connectivity index (χ1n) is 7.06. The zero-order valence-electron chi connectivity index (χ0n) is 11.3. The van der Waals surface area contributed by atoms with E-state index in [1.165, 1.54) is 12.1 Å². The Hall–Kier alpha value is -0.940. The summed E-state index contributed by atoms with van der Waals surface area (Å²) < 4.78 is 18.9. The largest absolute Gasteiger partial charge is 0.375 e. The Bertz CT molecular complexity index is 480. The van der Waals surface area contributed by atoms with Crippen molar-refractivity contribution < 1.29 is 13.9 Å². The van der Waals surface area contributed by atoms with Gasteiger partial charge in [-0.3, -0.25) is 9.78 Å². The highest BCUT2D eigenvalue weighted by Crippen LogP contribution is 2.40. The van der Waals surface area contributed by atoms with Crippen molar-refractivity contribution in [2.24, 2.45) is 5.92 Å². The first-order chi connectivity index (χ1) is 9.69. The molecule has 1 unspecified atom stereocenters. The maximum Gasteiger partial charge on any atom is 0.184 e. The third kappa shape index (κ3) is 2.88. The molecule has 3 rings (SSSR count). The van der Waals surface area contributed by atoms with E-state index in [-0.39, 0.29) is 17.3 Å². The molecule has 0 N–H and O–H groups in total. The van der Waals surface area contributed by atoms with Gasteiger partial charge in [-0.25, -0.2) is 4.39 Å². The molecule has 2 aliphatic heterocycles. The molecule has 108 valence electrons. The second-order valence-corrected chi connectivity index (χ2v) is 6.78. The summed E-state index contributed by atoms with van der Waals surface area (Å²) in [6.07, 6.45) is 4.69. The molecule has 1 atom stereocenters. The summed E-state index contributed by atoms with van der Waals surface area (Å²) in [6.45, 7) is 0.641. The Labute approximate surface area is 122 Å². The summed E-state index contributed by atoms with van der Waals surface area (Å²) >= 11 is 1.95. The second kappa shape index (κ2) is 5.82. The number of nitrogens with zero attached hydrogens (tertiary/aromatic N) is 1. The van der Waals surface area contributed by atoms with Crippen LogP contribution in [0.15, 0.2) is 18.3 Å². The van der Waals surface area contributed by atoms with Gasteiger partial charge in [-0.2, -0.15) is 11.8 Å². The number of carbonyl (C=O) groups is 1. The van der Waals surface area contributed by atoms with E-state index in [0.717, 1.165) is 43.4 Å². The summed E-state index contributed by atoms with van der Waals surface area (Å²) in [5, 5.41) is 0. The molecule has 2 fully saturated rings. The zero-order chi connectivity index (χ0) is 14.0. The topological polar surface area (TPSA) is 39.2 Å². The fourth-order valence-corrected chi connectivity index (χ4v) is 4.31. The minimum Gasteiger partial charge on any atom is -0.375 e. The number of carbonyl (C=O) groups excluding carboxylic acids is 1. The standard InChI is InChI=1S/C15H18FNO2S/c16-12-1-2-13(17-10-12)14(18)11-3-6-19-15(9-11)4-7-20-8-5-15/h1-2,10-11H,3-9H2. The van der Waals surface area contributed by atoms with Crippen LogP contribution in [0, 0.1) is 11.7 Å². The van der Waals surface area contributed by atoms with Gasteiger partial charge >= 0.3 is 0 Å². The van der Waals surface area contributed by atoms with E-state index < -0.39 is 5.82 Å². The fraction of sp³-hybridized carbons (Fsp3) is 0.600. The van der Waals surface area contributed by atoms with E-state index in [1.54, 1.807) is 0 Å². The maximum atomic E-state index is 12.9. The third-order valence-electron chi connectivity index (χ3n) is 4.25. The Morgan fingerprint density at radius 3 is 2.90 bits per heavy atom. The molecule has 1 aromatic heterocycles. The van der Waals surface area contributed by atoms with Crippen molar-refractivity contribution in [2.45, 2.75) is 31.3 Å². The lowest BCUT2D eigenvalue weighted by Gasteiger charge is -2.42. The van der Waals surface area contributed by atoms with Gasteiger partial charge in [-0.1, -0.05) is 0 Å². The van der Waals surface area contributed by atoms with Crippen LogP contribution >= 0.6 is 11.8 Å². The summed E-state index contributed by atoms with van der Waals surface area (Å²) in [5.41, 5.74) is 0.266. The first-order valence-corrected chi connectivity index (χ1v) is 8.21. The molecular formula is C15H18FNO2S. The number of rotatable bonds is 2. The predicted molar refractivity (Wildman–Crippen MR) is 76.5 cm³/mol. The minimum atomic E-state index is -0.408. The smallest absolute Gasteiger partial charge is 0.184 e. The molecule has 0 amide bonds. The van der Waals surface area contributed by atoms with E-state index in [4.69, 9.17) is 4.74 Å². The van der Waals surface area contributed by atoms with Gasteiger partial charge in [0, 0.05) is 12.5 Å². The van der Waals surface area contributed by atoms with E-state index in [2.05, 4.69) is 4.98 Å². The van der Waals surface area contributed by atoms with Crippen LogP contribution in [0.2, 0.25) is 0 Å².